The molecule has 3 aromatic heterocycles. The molecule has 3 heterocycles. The molecule has 0 fully saturated rings. The third-order valence-corrected chi connectivity index (χ3v) is 3.52. The molecule has 23 heavy (non-hydrogen) atoms. The average molecular weight is 308 g/mol. The van der Waals surface area contributed by atoms with Crippen molar-refractivity contribution in [2.24, 2.45) is 7.05 Å². The number of aryl methyl sites for hydroxylation is 1. The lowest BCUT2D eigenvalue weighted by Crippen LogP contribution is -2.21. The van der Waals surface area contributed by atoms with E-state index in [4.69, 9.17) is 4.52 Å². The van der Waals surface area contributed by atoms with Crippen molar-refractivity contribution in [3.8, 4) is 11.4 Å². The van der Waals surface area contributed by atoms with Gasteiger partial charge in [0.05, 0.1) is 6.20 Å². The maximum atomic E-state index is 12.4. The lowest BCUT2D eigenvalue weighted by molar-refractivity contribution is 0.369. The summed E-state index contributed by atoms with van der Waals surface area (Å²) in [5.74, 6) is 0.833. The van der Waals surface area contributed by atoms with Crippen molar-refractivity contribution in [1.82, 2.24) is 29.5 Å². The summed E-state index contributed by atoms with van der Waals surface area (Å²) in [4.78, 5) is 21.0. The van der Waals surface area contributed by atoms with Crippen LogP contribution in [-0.4, -0.2) is 29.5 Å². The van der Waals surface area contributed by atoms with E-state index in [-0.39, 0.29) is 12.1 Å². The minimum atomic E-state index is -0.192. The number of aromatic nitrogens is 6. The van der Waals surface area contributed by atoms with Gasteiger partial charge in [-0.15, -0.1) is 0 Å². The summed E-state index contributed by atoms with van der Waals surface area (Å²) in [6.07, 6.45) is 2.96. The molecular formula is C15H12N6O2. The molecule has 0 radical (unpaired) electrons. The first kappa shape index (κ1) is 13.4. The van der Waals surface area contributed by atoms with Crippen LogP contribution in [-0.2, 0) is 13.6 Å². The first-order valence-electron chi connectivity index (χ1n) is 6.97. The molecule has 4 aromatic rings. The van der Waals surface area contributed by atoms with Crippen molar-refractivity contribution in [2.75, 3.05) is 0 Å². The predicted octanol–water partition coefficient (Wildman–Crippen LogP) is 1.23. The van der Waals surface area contributed by atoms with Crippen LogP contribution in [0.25, 0.3) is 22.4 Å². The molecule has 0 amide bonds. The van der Waals surface area contributed by atoms with Gasteiger partial charge in [0, 0.05) is 12.6 Å². The smallest absolute Gasteiger partial charge is 0.264 e. The Balaban J connectivity index is 1.68. The summed E-state index contributed by atoms with van der Waals surface area (Å²) in [6.45, 7) is 0.163. The first-order valence-corrected chi connectivity index (χ1v) is 6.97. The normalized spacial score (nSPS) is 11.2. The maximum Gasteiger partial charge on any atom is 0.264 e. The fraction of sp³-hybridized carbons (Fsp3) is 0.133. The van der Waals surface area contributed by atoms with Gasteiger partial charge in [0.15, 0.2) is 5.65 Å². The third kappa shape index (κ3) is 2.30. The second-order valence-corrected chi connectivity index (χ2v) is 5.06. The van der Waals surface area contributed by atoms with Gasteiger partial charge < -0.3 is 4.52 Å². The SMILES string of the molecule is Cn1ncc2c(=O)n(Cc3nc(-c4ccccc4)no3)cnc21. The molecule has 0 saturated heterocycles. The third-order valence-electron chi connectivity index (χ3n) is 3.52. The molecule has 0 spiro atoms. The largest absolute Gasteiger partial charge is 0.337 e. The van der Waals surface area contributed by atoms with E-state index in [0.717, 1.165) is 5.56 Å². The highest BCUT2D eigenvalue weighted by Gasteiger charge is 2.12. The summed E-state index contributed by atoms with van der Waals surface area (Å²) in [5, 5.41) is 8.43. The molecule has 0 bridgehead atoms. The zero-order valence-electron chi connectivity index (χ0n) is 12.2. The molecule has 8 heteroatoms. The summed E-state index contributed by atoms with van der Waals surface area (Å²) in [6, 6.07) is 9.50. The summed E-state index contributed by atoms with van der Waals surface area (Å²) >= 11 is 0. The molecule has 8 nitrogen and oxygen atoms in total. The fourth-order valence-corrected chi connectivity index (χ4v) is 2.35. The van der Waals surface area contributed by atoms with Gasteiger partial charge in [-0.05, 0) is 0 Å². The second kappa shape index (κ2) is 5.16. The van der Waals surface area contributed by atoms with E-state index in [1.165, 1.54) is 17.1 Å². The highest BCUT2D eigenvalue weighted by molar-refractivity contribution is 5.72. The molecule has 0 unspecified atom stereocenters. The molecule has 0 aliphatic carbocycles. The zero-order valence-corrected chi connectivity index (χ0v) is 12.2. The molecule has 0 atom stereocenters. The van der Waals surface area contributed by atoms with E-state index in [1.54, 1.807) is 11.7 Å². The van der Waals surface area contributed by atoms with Crippen LogP contribution in [0.3, 0.4) is 0 Å². The van der Waals surface area contributed by atoms with Crippen LogP contribution in [0.4, 0.5) is 0 Å². The Morgan fingerprint density at radius 1 is 1.22 bits per heavy atom. The van der Waals surface area contributed by atoms with Crippen molar-refractivity contribution >= 4 is 11.0 Å². The van der Waals surface area contributed by atoms with Crippen molar-refractivity contribution in [2.45, 2.75) is 6.54 Å². The van der Waals surface area contributed by atoms with Gasteiger partial charge >= 0.3 is 0 Å². The number of hydrogen-bond donors (Lipinski definition) is 0. The molecule has 0 saturated carbocycles. The molecule has 0 aliphatic rings. The van der Waals surface area contributed by atoms with Crippen LogP contribution >= 0.6 is 0 Å². The average Bonchev–Trinajstić information content (AvgIpc) is 3.19. The van der Waals surface area contributed by atoms with Gasteiger partial charge in [-0.3, -0.25) is 14.0 Å². The van der Waals surface area contributed by atoms with Gasteiger partial charge in [0.25, 0.3) is 5.56 Å². The second-order valence-electron chi connectivity index (χ2n) is 5.06. The zero-order chi connectivity index (χ0) is 15.8. The van der Waals surface area contributed by atoms with E-state index in [9.17, 15) is 4.79 Å². The van der Waals surface area contributed by atoms with Crippen LogP contribution in [0.5, 0.6) is 0 Å². The molecule has 1 aromatic carbocycles. The molecular weight excluding hydrogens is 296 g/mol. The maximum absolute atomic E-state index is 12.4. The molecule has 4 rings (SSSR count). The highest BCUT2D eigenvalue weighted by atomic mass is 16.5. The summed E-state index contributed by atoms with van der Waals surface area (Å²) in [5.41, 5.74) is 1.21. The van der Waals surface area contributed by atoms with E-state index in [2.05, 4.69) is 20.2 Å². The lowest BCUT2D eigenvalue weighted by Gasteiger charge is -2.01. The summed E-state index contributed by atoms with van der Waals surface area (Å²) in [7, 11) is 1.74. The van der Waals surface area contributed by atoms with Crippen LogP contribution < -0.4 is 5.56 Å². The van der Waals surface area contributed by atoms with Gasteiger partial charge in [0.2, 0.25) is 11.7 Å². The highest BCUT2D eigenvalue weighted by Crippen LogP contribution is 2.15. The Hall–Kier alpha value is -3.29. The topological polar surface area (TPSA) is 91.6 Å². The Morgan fingerprint density at radius 2 is 2.04 bits per heavy atom. The Labute approximate surface area is 130 Å². The van der Waals surface area contributed by atoms with E-state index < -0.39 is 0 Å². The Bertz CT molecular complexity index is 1030. The van der Waals surface area contributed by atoms with Crippen LogP contribution in [0.15, 0.2) is 52.2 Å². The summed E-state index contributed by atoms with van der Waals surface area (Å²) < 4.78 is 8.21. The predicted molar refractivity (Wildman–Crippen MR) is 81.6 cm³/mol. The van der Waals surface area contributed by atoms with Gasteiger partial charge in [0.1, 0.15) is 18.3 Å². The quantitative estimate of drug-likeness (QED) is 0.565. The number of nitrogens with zero attached hydrogens (tertiary/aromatic N) is 6. The van der Waals surface area contributed by atoms with Crippen LogP contribution in [0.2, 0.25) is 0 Å². The van der Waals surface area contributed by atoms with Crippen LogP contribution in [0.1, 0.15) is 5.89 Å². The van der Waals surface area contributed by atoms with E-state index >= 15 is 0 Å². The van der Waals surface area contributed by atoms with Gasteiger partial charge in [-0.1, -0.05) is 35.5 Å². The van der Waals surface area contributed by atoms with Crippen molar-refractivity contribution in [3.05, 3.63) is 59.1 Å². The standard InChI is InChI=1S/C15H12N6O2/c1-20-14-11(7-17-20)15(22)21(9-16-14)8-12-18-13(19-23-12)10-5-3-2-4-6-10/h2-7,9H,8H2,1H3. The number of benzene rings is 1. The van der Waals surface area contributed by atoms with E-state index in [0.29, 0.717) is 22.7 Å². The number of rotatable bonds is 3. The van der Waals surface area contributed by atoms with Crippen molar-refractivity contribution in [1.29, 1.82) is 0 Å². The molecule has 0 aliphatic heterocycles. The Morgan fingerprint density at radius 3 is 2.87 bits per heavy atom. The number of fused-ring (bicyclic) bond motifs is 1. The number of hydrogen-bond acceptors (Lipinski definition) is 6. The van der Waals surface area contributed by atoms with Gasteiger partial charge in [-0.2, -0.15) is 10.1 Å². The minimum absolute atomic E-state index is 0.163. The monoisotopic (exact) mass is 308 g/mol. The van der Waals surface area contributed by atoms with Crippen molar-refractivity contribution in [3.63, 3.8) is 0 Å². The molecule has 114 valence electrons. The van der Waals surface area contributed by atoms with Gasteiger partial charge in [-0.25, -0.2) is 4.98 Å². The van der Waals surface area contributed by atoms with E-state index in [1.807, 2.05) is 30.3 Å². The van der Waals surface area contributed by atoms with Crippen LogP contribution in [0, 0.1) is 0 Å². The van der Waals surface area contributed by atoms with Crippen molar-refractivity contribution < 1.29 is 4.52 Å². The minimum Gasteiger partial charge on any atom is -0.337 e. The fourth-order valence-electron chi connectivity index (χ4n) is 2.35. The molecule has 0 N–H and O–H groups in total. The lowest BCUT2D eigenvalue weighted by atomic mass is 10.2. The Kier molecular flexibility index (Phi) is 3.00. The first-order chi connectivity index (χ1) is 11.2.